The Hall–Kier alpha value is -11.7. The molecule has 27 nitrogen and oxygen atoms in total. The number of aromatic nitrogens is 10. The third kappa shape index (κ3) is 15.3. The van der Waals surface area contributed by atoms with E-state index in [1.807, 2.05) is 120 Å². The zero-order valence-corrected chi connectivity index (χ0v) is 64.0. The average molecular weight is 1530 g/mol. The van der Waals surface area contributed by atoms with E-state index >= 15 is 0 Å². The molecule has 7 N–H and O–H groups in total. The number of rotatable bonds is 20. The molecule has 29 heteroatoms. The quantitative estimate of drug-likeness (QED) is 0.0373. The van der Waals surface area contributed by atoms with Crippen molar-refractivity contribution in [3.63, 3.8) is 0 Å². The molecule has 0 saturated carbocycles. The van der Waals surface area contributed by atoms with Crippen LogP contribution in [0.1, 0.15) is 114 Å². The number of morpholine rings is 1. The molecule has 3 fully saturated rings. The first-order chi connectivity index (χ1) is 54.9. The molecule has 2 atom stereocenters. The lowest BCUT2D eigenvalue weighted by atomic mass is 9.85. The number of imidazole rings is 2. The van der Waals surface area contributed by atoms with Gasteiger partial charge in [-0.15, -0.1) is 0 Å². The summed E-state index contributed by atoms with van der Waals surface area (Å²) in [5, 5.41) is 31.3. The third-order valence-electron chi connectivity index (χ3n) is 21.5. The van der Waals surface area contributed by atoms with Crippen molar-refractivity contribution in [3.05, 3.63) is 214 Å². The maximum atomic E-state index is 13.7. The number of aryl methyl sites for hydroxylation is 2. The Kier molecular flexibility index (Phi) is 21.5. The van der Waals surface area contributed by atoms with Crippen LogP contribution < -0.4 is 36.8 Å². The molecule has 0 radical (unpaired) electrons. The van der Waals surface area contributed by atoms with Gasteiger partial charge in [-0.3, -0.25) is 28.2 Å². The highest BCUT2D eigenvalue weighted by molar-refractivity contribution is 6.08. The minimum atomic E-state index is -0.977. The zero-order valence-electron chi connectivity index (χ0n) is 64.0. The summed E-state index contributed by atoms with van der Waals surface area (Å²) < 4.78 is 55.2. The third-order valence-corrected chi connectivity index (χ3v) is 21.5. The summed E-state index contributed by atoms with van der Waals surface area (Å²) >= 11 is 0. The van der Waals surface area contributed by atoms with Gasteiger partial charge in [0.1, 0.15) is 46.0 Å². The highest BCUT2D eigenvalue weighted by Gasteiger charge is 2.37. The monoisotopic (exact) mass is 1530 g/mol. The number of halogens is 2. The van der Waals surface area contributed by atoms with Gasteiger partial charge in [0, 0.05) is 174 Å². The van der Waals surface area contributed by atoms with Gasteiger partial charge < -0.3 is 75.2 Å². The Morgan fingerprint density at radius 2 is 1.20 bits per heavy atom. The number of hydrogen-bond acceptors (Lipinski definition) is 21. The minimum Gasteiger partial charge on any atom is -0.385 e. The van der Waals surface area contributed by atoms with Gasteiger partial charge in [0.2, 0.25) is 0 Å². The van der Waals surface area contributed by atoms with Gasteiger partial charge in [0.25, 0.3) is 17.7 Å². The summed E-state index contributed by atoms with van der Waals surface area (Å²) in [6.45, 7) is 9.85. The summed E-state index contributed by atoms with van der Waals surface area (Å²) in [6.07, 6.45) is 16.2. The van der Waals surface area contributed by atoms with E-state index in [1.54, 1.807) is 44.3 Å². The second-order valence-electron chi connectivity index (χ2n) is 29.7. The van der Waals surface area contributed by atoms with E-state index in [9.17, 15) is 28.3 Å². The number of ether oxygens (including phenoxy) is 4. The molecular formula is C84H89F2N19O8. The molecule has 582 valence electrons. The number of methoxy groups -OCH3 is 1. The molecule has 0 aliphatic carbocycles. The molecule has 18 rings (SSSR count). The number of aliphatic hydroxyl groups is 1. The van der Waals surface area contributed by atoms with Crippen molar-refractivity contribution >= 4 is 80.3 Å². The highest BCUT2D eigenvalue weighted by Crippen LogP contribution is 2.42. The smallest absolute Gasteiger partial charge is 0.254 e. The number of pyridine rings is 7. The first kappa shape index (κ1) is 75.3. The van der Waals surface area contributed by atoms with Crippen LogP contribution in [0.25, 0.3) is 56.1 Å². The van der Waals surface area contributed by atoms with Crippen molar-refractivity contribution in [2.45, 2.75) is 89.4 Å². The minimum absolute atomic E-state index is 0.00954. The molecule has 12 aromatic rings. The molecule has 3 amide bonds. The first-order valence-electron chi connectivity index (χ1n) is 38.1. The van der Waals surface area contributed by atoms with E-state index in [4.69, 9.17) is 38.9 Å². The van der Waals surface area contributed by atoms with Crippen LogP contribution in [0.2, 0.25) is 0 Å². The summed E-state index contributed by atoms with van der Waals surface area (Å²) in [4.78, 5) is 78.0. The number of carbonyl (C=O) groups is 3. The molecule has 16 heterocycles. The normalized spacial score (nSPS) is 16.9. The van der Waals surface area contributed by atoms with E-state index in [1.165, 1.54) is 29.8 Å². The van der Waals surface area contributed by atoms with Crippen molar-refractivity contribution in [1.82, 2.24) is 74.0 Å². The van der Waals surface area contributed by atoms with Crippen LogP contribution in [-0.4, -0.2) is 175 Å². The summed E-state index contributed by atoms with van der Waals surface area (Å²) in [7, 11) is 11.6. The molecular weight excluding hydrogens is 1440 g/mol. The van der Waals surface area contributed by atoms with Gasteiger partial charge in [0.15, 0.2) is 0 Å². The van der Waals surface area contributed by atoms with Crippen molar-refractivity contribution < 1.29 is 47.2 Å². The standard InChI is InChI=1S/C29H32FN7O3.C28H29FN6O3.C27H28N6O2/c1-35(2)16-23-24(36-10-11-40-19(15-36)17-39-3)6-7-26(34-23)33-22-5-4-20(21-13-32-29(38)28(21)22)25-14-31-27-12-18(30)8-9-37(25)27;1-34(2)16-22-20(28(37)8-11-38-12-9-28)4-6-24(33-22)32-21-5-3-18(19-14-31-27(36)26(19)21)23-15-30-25-13-17(29)7-10-35(23)25;1-3-4-21-17(16-9-12-35-15-16)5-6-23(31-21)32-22-14-29-25(20-13-30-27(34)24(20)22)18-7-10-28-26-19(18)8-11-33(26)2/h4-9,12,14,19H,10-11,13,15-17H2,1-3H3,(H,32,38)(H,33,34);3-7,10,13,15,37H,8-9,11-12,14,16H2,1-2H3,(H,31,36)(H,32,33);5-8,10-11,14,16H,3-4,9,12-13,15H2,1-2H3,(H,30,34)(H,31,32)/t19-;;16-/m0.0/s1. The van der Waals surface area contributed by atoms with E-state index in [-0.39, 0.29) is 35.5 Å². The number of benzene rings is 2. The van der Waals surface area contributed by atoms with Gasteiger partial charge in [-0.05, 0) is 118 Å². The summed E-state index contributed by atoms with van der Waals surface area (Å²) in [5.41, 5.74) is 18.3. The van der Waals surface area contributed by atoms with Crippen LogP contribution in [0.3, 0.4) is 0 Å². The number of nitrogens with one attached hydrogen (secondary N) is 6. The fourth-order valence-electron chi connectivity index (χ4n) is 16.1. The van der Waals surface area contributed by atoms with Gasteiger partial charge in [-0.25, -0.2) is 38.7 Å². The molecule has 0 unspecified atom stereocenters. The van der Waals surface area contributed by atoms with Crippen LogP contribution in [0.15, 0.2) is 140 Å². The molecule has 6 aliphatic rings. The van der Waals surface area contributed by atoms with Crippen LogP contribution >= 0.6 is 0 Å². The number of hydrogen-bond donors (Lipinski definition) is 7. The second-order valence-corrected chi connectivity index (χ2v) is 29.7. The van der Waals surface area contributed by atoms with Crippen molar-refractivity contribution in [2.24, 2.45) is 7.05 Å². The van der Waals surface area contributed by atoms with Gasteiger partial charge in [-0.1, -0.05) is 37.6 Å². The Morgan fingerprint density at radius 1 is 0.619 bits per heavy atom. The Bertz CT molecular complexity index is 5630. The highest BCUT2D eigenvalue weighted by atomic mass is 19.1. The summed E-state index contributed by atoms with van der Waals surface area (Å²) in [6, 6.07) is 29.1. The zero-order chi connectivity index (χ0) is 78.2. The van der Waals surface area contributed by atoms with Crippen LogP contribution in [-0.2, 0) is 70.7 Å². The number of carbonyl (C=O) groups excluding carboxylic acids is 3. The maximum absolute atomic E-state index is 13.7. The fraction of sp³-hybridized carbons (Fsp3) is 0.333. The van der Waals surface area contributed by atoms with Crippen LogP contribution in [0.5, 0.6) is 0 Å². The number of fused-ring (bicyclic) bond motifs is 6. The molecule has 6 aliphatic heterocycles. The largest absolute Gasteiger partial charge is 0.385 e. The number of amides is 3. The molecule has 10 aromatic heterocycles. The van der Waals surface area contributed by atoms with Crippen molar-refractivity contribution in [1.29, 1.82) is 0 Å². The fourth-order valence-corrected chi connectivity index (χ4v) is 16.1. The van der Waals surface area contributed by atoms with Gasteiger partial charge in [0.05, 0.1) is 118 Å². The van der Waals surface area contributed by atoms with Gasteiger partial charge >= 0.3 is 0 Å². The molecule has 0 spiro atoms. The van der Waals surface area contributed by atoms with Crippen molar-refractivity contribution in [2.75, 3.05) is 109 Å². The lowest BCUT2D eigenvalue weighted by Gasteiger charge is -2.35. The Morgan fingerprint density at radius 3 is 1.81 bits per heavy atom. The molecule has 2 aromatic carbocycles. The predicted octanol–water partition coefficient (Wildman–Crippen LogP) is 11.5. The topological polar surface area (TPSA) is 294 Å². The molecule has 0 bridgehead atoms. The first-order valence-corrected chi connectivity index (χ1v) is 38.1. The Labute approximate surface area is 651 Å². The van der Waals surface area contributed by atoms with E-state index in [2.05, 4.69) is 75.7 Å². The number of nitrogens with zero attached hydrogens (tertiary/aromatic N) is 13. The van der Waals surface area contributed by atoms with Crippen LogP contribution in [0.4, 0.5) is 49.0 Å². The van der Waals surface area contributed by atoms with E-state index < -0.39 is 5.60 Å². The van der Waals surface area contributed by atoms with E-state index in [0.717, 1.165) is 141 Å². The van der Waals surface area contributed by atoms with E-state index in [0.29, 0.717) is 135 Å². The predicted molar refractivity (Wildman–Crippen MR) is 426 cm³/mol. The number of anilines is 7. The van der Waals surface area contributed by atoms with Crippen molar-refractivity contribution in [3.8, 4) is 33.8 Å². The summed E-state index contributed by atoms with van der Waals surface area (Å²) in [5.74, 6) is 1.24. The molecule has 3 saturated heterocycles. The maximum Gasteiger partial charge on any atom is 0.254 e. The lowest BCUT2D eigenvalue weighted by molar-refractivity contribution is -0.0688. The van der Waals surface area contributed by atoms with Crippen LogP contribution in [0, 0.1) is 11.6 Å². The average Bonchev–Trinajstić information content (AvgIpc) is 1.65. The van der Waals surface area contributed by atoms with Gasteiger partial charge in [-0.2, -0.15) is 0 Å². The molecule has 113 heavy (non-hydrogen) atoms. The SMILES string of the molecule is CCCc1nc(Nc2cnc(-c3ccnc4c3ccn4C)c3c2C(=O)NC3)ccc1[C@H]1CCOC1.CN(C)Cc1nc(Nc2ccc(-c3cnc4cc(F)ccn34)c3c2C(=O)NC3)ccc1C1(O)CCOCC1.COC[C@@H]1CN(c2ccc(Nc3ccc(-c4cnc5cc(F)ccn45)c4c3C(=O)NC4)nc2CN(C)C)CCO1. The second kappa shape index (κ2) is 32.2. The Balaban J connectivity index is 0.000000128. The lowest BCUT2D eigenvalue weighted by Crippen LogP contribution is -2.45.